The van der Waals surface area contributed by atoms with E-state index in [0.29, 0.717) is 0 Å². The number of ether oxygens (including phenoxy) is 1. The van der Waals surface area contributed by atoms with Crippen LogP contribution in [0.5, 0.6) is 0 Å². The van der Waals surface area contributed by atoms with Gasteiger partial charge in [-0.2, -0.15) is 0 Å². The molecule has 1 aromatic rings. The number of rotatable bonds is 6. The Morgan fingerprint density at radius 1 is 1.29 bits per heavy atom. The molecule has 0 radical (unpaired) electrons. The number of hydrogen-bond donors (Lipinski definition) is 1. The van der Waals surface area contributed by atoms with Crippen molar-refractivity contribution in [3.05, 3.63) is 41.5 Å². The zero-order chi connectivity index (χ0) is 15.8. The van der Waals surface area contributed by atoms with Crippen LogP contribution < -0.4 is 5.32 Å². The van der Waals surface area contributed by atoms with Crippen LogP contribution in [-0.4, -0.2) is 25.2 Å². The molecule has 0 aromatic heterocycles. The molecule has 4 nitrogen and oxygen atoms in total. The van der Waals surface area contributed by atoms with Crippen molar-refractivity contribution in [1.29, 1.82) is 0 Å². The molecule has 0 aliphatic carbocycles. The van der Waals surface area contributed by atoms with E-state index in [0.717, 1.165) is 16.0 Å². The summed E-state index contributed by atoms with van der Waals surface area (Å²) >= 11 is 1.64. The number of thioether (sulfide) groups is 1. The fourth-order valence-corrected chi connectivity index (χ4v) is 2.22. The molecule has 0 spiro atoms. The molecule has 114 valence electrons. The minimum atomic E-state index is -0.392. The molecule has 0 aliphatic rings. The number of allylic oxidation sites excluding steroid dienone is 1. The average molecular weight is 307 g/mol. The van der Waals surface area contributed by atoms with E-state index in [4.69, 9.17) is 4.74 Å². The number of benzene rings is 1. The summed E-state index contributed by atoms with van der Waals surface area (Å²) in [7, 11) is 1.34. The summed E-state index contributed by atoms with van der Waals surface area (Å²) < 4.78 is 4.70. The van der Waals surface area contributed by atoms with Crippen molar-refractivity contribution in [2.45, 2.75) is 31.2 Å². The monoisotopic (exact) mass is 307 g/mol. The Kier molecular flexibility index (Phi) is 7.02. The van der Waals surface area contributed by atoms with Crippen molar-refractivity contribution >= 4 is 23.6 Å². The molecule has 0 bridgehead atoms. The standard InChI is InChI=1S/C16H21NO3S/c1-11(2)9-15(18)17-14(10-16(19)20-3)12-5-7-13(21-4)8-6-12/h5-9,14H,10H2,1-4H3,(H,17,18)/t14-/m0/s1. The largest absolute Gasteiger partial charge is 0.469 e. The van der Waals surface area contributed by atoms with E-state index in [1.807, 2.05) is 44.4 Å². The molecule has 0 saturated heterocycles. The van der Waals surface area contributed by atoms with Gasteiger partial charge in [0.15, 0.2) is 0 Å². The van der Waals surface area contributed by atoms with Crippen LogP contribution in [-0.2, 0) is 14.3 Å². The summed E-state index contributed by atoms with van der Waals surface area (Å²) in [6, 6.07) is 7.38. The summed E-state index contributed by atoms with van der Waals surface area (Å²) in [6.45, 7) is 3.70. The first-order valence-corrected chi connectivity index (χ1v) is 7.85. The van der Waals surface area contributed by atoms with Gasteiger partial charge in [-0.15, -0.1) is 11.8 Å². The molecule has 0 unspecified atom stereocenters. The van der Waals surface area contributed by atoms with Gasteiger partial charge in [0.25, 0.3) is 0 Å². The number of nitrogens with one attached hydrogen (secondary N) is 1. The van der Waals surface area contributed by atoms with Crippen molar-refractivity contribution in [3.63, 3.8) is 0 Å². The van der Waals surface area contributed by atoms with Gasteiger partial charge in [0.05, 0.1) is 19.6 Å². The second kappa shape index (κ2) is 8.52. The average Bonchev–Trinajstić information content (AvgIpc) is 2.45. The minimum Gasteiger partial charge on any atom is -0.469 e. The van der Waals surface area contributed by atoms with E-state index in [-0.39, 0.29) is 18.3 Å². The first-order chi connectivity index (χ1) is 9.96. The summed E-state index contributed by atoms with van der Waals surface area (Å²) in [4.78, 5) is 24.5. The van der Waals surface area contributed by atoms with Crippen LogP contribution in [0, 0.1) is 0 Å². The highest BCUT2D eigenvalue weighted by Gasteiger charge is 2.18. The molecule has 1 amide bonds. The number of methoxy groups -OCH3 is 1. The third-order valence-electron chi connectivity index (χ3n) is 2.85. The second-order valence-corrected chi connectivity index (χ2v) is 5.72. The SMILES string of the molecule is COC(=O)C[C@H](NC(=O)C=C(C)C)c1ccc(SC)cc1. The van der Waals surface area contributed by atoms with Gasteiger partial charge in [-0.05, 0) is 37.8 Å². The van der Waals surface area contributed by atoms with Gasteiger partial charge in [-0.25, -0.2) is 0 Å². The molecular formula is C16H21NO3S. The zero-order valence-corrected chi connectivity index (χ0v) is 13.6. The Morgan fingerprint density at radius 3 is 2.38 bits per heavy atom. The van der Waals surface area contributed by atoms with Gasteiger partial charge in [-0.3, -0.25) is 9.59 Å². The van der Waals surface area contributed by atoms with E-state index in [2.05, 4.69) is 5.32 Å². The highest BCUT2D eigenvalue weighted by atomic mass is 32.2. The molecule has 0 fully saturated rings. The fraction of sp³-hybridized carbons (Fsp3) is 0.375. The topological polar surface area (TPSA) is 55.4 Å². The van der Waals surface area contributed by atoms with Crippen LogP contribution in [0.2, 0.25) is 0 Å². The molecule has 1 N–H and O–H groups in total. The molecule has 1 aromatic carbocycles. The maximum absolute atomic E-state index is 11.9. The van der Waals surface area contributed by atoms with Crippen LogP contribution in [0.15, 0.2) is 40.8 Å². The molecule has 1 atom stereocenters. The van der Waals surface area contributed by atoms with Crippen LogP contribution >= 0.6 is 11.8 Å². The quantitative estimate of drug-likeness (QED) is 0.498. The lowest BCUT2D eigenvalue weighted by Crippen LogP contribution is -2.29. The molecule has 0 aliphatic heterocycles. The number of hydrogen-bond acceptors (Lipinski definition) is 4. The van der Waals surface area contributed by atoms with Crippen molar-refractivity contribution in [1.82, 2.24) is 5.32 Å². The van der Waals surface area contributed by atoms with E-state index in [1.165, 1.54) is 13.2 Å². The first kappa shape index (κ1) is 17.3. The van der Waals surface area contributed by atoms with E-state index >= 15 is 0 Å². The van der Waals surface area contributed by atoms with Crippen molar-refractivity contribution in [3.8, 4) is 0 Å². The molecule has 5 heteroatoms. The lowest BCUT2D eigenvalue weighted by atomic mass is 10.0. The first-order valence-electron chi connectivity index (χ1n) is 6.62. The molecule has 1 rings (SSSR count). The van der Waals surface area contributed by atoms with Crippen LogP contribution in [0.4, 0.5) is 0 Å². The minimum absolute atomic E-state index is 0.109. The Bertz CT molecular complexity index is 519. The van der Waals surface area contributed by atoms with Gasteiger partial charge >= 0.3 is 5.97 Å². The Balaban J connectivity index is 2.92. The Labute approximate surface area is 130 Å². The maximum Gasteiger partial charge on any atom is 0.307 e. The second-order valence-electron chi connectivity index (χ2n) is 4.84. The number of esters is 1. The van der Waals surface area contributed by atoms with E-state index < -0.39 is 6.04 Å². The summed E-state index contributed by atoms with van der Waals surface area (Å²) in [5.74, 6) is -0.565. The van der Waals surface area contributed by atoms with Gasteiger partial charge < -0.3 is 10.1 Å². The normalized spacial score (nSPS) is 11.4. The highest BCUT2D eigenvalue weighted by Crippen LogP contribution is 2.21. The van der Waals surface area contributed by atoms with Gasteiger partial charge in [0, 0.05) is 11.0 Å². The fourth-order valence-electron chi connectivity index (χ4n) is 1.81. The van der Waals surface area contributed by atoms with Gasteiger partial charge in [0.1, 0.15) is 0 Å². The molecule has 21 heavy (non-hydrogen) atoms. The Morgan fingerprint density at radius 2 is 1.90 bits per heavy atom. The van der Waals surface area contributed by atoms with Crippen LogP contribution in [0.3, 0.4) is 0 Å². The smallest absolute Gasteiger partial charge is 0.307 e. The van der Waals surface area contributed by atoms with Gasteiger partial charge in [0.2, 0.25) is 5.91 Å². The maximum atomic E-state index is 11.9. The summed E-state index contributed by atoms with van der Waals surface area (Å²) in [5, 5.41) is 2.84. The molecule has 0 saturated carbocycles. The van der Waals surface area contributed by atoms with Gasteiger partial charge in [-0.1, -0.05) is 17.7 Å². The van der Waals surface area contributed by atoms with Crippen LogP contribution in [0.1, 0.15) is 31.9 Å². The third-order valence-corrected chi connectivity index (χ3v) is 3.60. The summed E-state index contributed by atoms with van der Waals surface area (Å²) in [6.07, 6.45) is 3.62. The Hall–Kier alpha value is -1.75. The highest BCUT2D eigenvalue weighted by molar-refractivity contribution is 7.98. The third kappa shape index (κ3) is 6.04. The lowest BCUT2D eigenvalue weighted by molar-refractivity contribution is -0.141. The van der Waals surface area contributed by atoms with E-state index in [9.17, 15) is 9.59 Å². The van der Waals surface area contributed by atoms with Crippen molar-refractivity contribution in [2.24, 2.45) is 0 Å². The predicted octanol–water partition coefficient (Wildman–Crippen LogP) is 3.10. The predicted molar refractivity (Wildman–Crippen MR) is 85.2 cm³/mol. The van der Waals surface area contributed by atoms with Crippen molar-refractivity contribution in [2.75, 3.05) is 13.4 Å². The zero-order valence-electron chi connectivity index (χ0n) is 12.8. The lowest BCUT2D eigenvalue weighted by Gasteiger charge is -2.17. The van der Waals surface area contributed by atoms with Crippen LogP contribution in [0.25, 0.3) is 0 Å². The number of carbonyl (C=O) groups excluding carboxylic acids is 2. The number of amides is 1. The summed E-state index contributed by atoms with van der Waals surface area (Å²) in [5.41, 5.74) is 1.79. The van der Waals surface area contributed by atoms with Crippen molar-refractivity contribution < 1.29 is 14.3 Å². The molecular weight excluding hydrogens is 286 g/mol. The molecule has 0 heterocycles. The van der Waals surface area contributed by atoms with E-state index in [1.54, 1.807) is 11.8 Å². The number of carbonyl (C=O) groups is 2.